The van der Waals surface area contributed by atoms with Crippen molar-refractivity contribution < 1.29 is 0 Å². The molecule has 0 aliphatic rings. The molecule has 2 rings (SSSR count). The summed E-state index contributed by atoms with van der Waals surface area (Å²) in [4.78, 5) is 4.27. The molecule has 1 heterocycles. The van der Waals surface area contributed by atoms with E-state index in [-0.39, 0.29) is 6.04 Å². The molecule has 0 spiro atoms. The van der Waals surface area contributed by atoms with Gasteiger partial charge in [-0.3, -0.25) is 4.98 Å². The first-order chi connectivity index (χ1) is 9.08. The molecule has 1 aromatic heterocycles. The standard InChI is InChI=1S/C15H16Cl2N2/c1-10-6-7-12(8-18-10)9-19-11(2)13-4-3-5-14(16)15(13)17/h3-8,11,19H,9H2,1-2H3. The molecule has 1 unspecified atom stereocenters. The predicted molar refractivity (Wildman–Crippen MR) is 80.7 cm³/mol. The Morgan fingerprint density at radius 3 is 2.68 bits per heavy atom. The second-order valence-electron chi connectivity index (χ2n) is 4.55. The van der Waals surface area contributed by atoms with E-state index in [0.717, 1.165) is 23.4 Å². The number of hydrogen-bond acceptors (Lipinski definition) is 2. The molecule has 4 heteroatoms. The number of aryl methyl sites for hydroxylation is 1. The van der Waals surface area contributed by atoms with Gasteiger partial charge in [0.2, 0.25) is 0 Å². The average Bonchev–Trinajstić information content (AvgIpc) is 2.41. The fourth-order valence-corrected chi connectivity index (χ4v) is 2.31. The fourth-order valence-electron chi connectivity index (χ4n) is 1.84. The van der Waals surface area contributed by atoms with Crippen molar-refractivity contribution in [1.82, 2.24) is 10.3 Å². The van der Waals surface area contributed by atoms with E-state index >= 15 is 0 Å². The summed E-state index contributed by atoms with van der Waals surface area (Å²) in [5, 5.41) is 4.62. The highest BCUT2D eigenvalue weighted by atomic mass is 35.5. The van der Waals surface area contributed by atoms with Crippen LogP contribution >= 0.6 is 23.2 Å². The first kappa shape index (κ1) is 14.3. The van der Waals surface area contributed by atoms with E-state index < -0.39 is 0 Å². The largest absolute Gasteiger partial charge is 0.306 e. The van der Waals surface area contributed by atoms with Gasteiger partial charge in [0.1, 0.15) is 0 Å². The zero-order chi connectivity index (χ0) is 13.8. The molecule has 0 saturated carbocycles. The van der Waals surface area contributed by atoms with Crippen molar-refractivity contribution in [2.75, 3.05) is 0 Å². The zero-order valence-electron chi connectivity index (χ0n) is 11.0. The number of nitrogens with one attached hydrogen (secondary N) is 1. The van der Waals surface area contributed by atoms with Crippen molar-refractivity contribution in [2.45, 2.75) is 26.4 Å². The minimum atomic E-state index is 0.132. The summed E-state index contributed by atoms with van der Waals surface area (Å²) in [6, 6.07) is 9.90. The lowest BCUT2D eigenvalue weighted by molar-refractivity contribution is 0.574. The summed E-state index contributed by atoms with van der Waals surface area (Å²) in [7, 11) is 0. The molecule has 0 radical (unpaired) electrons. The second kappa shape index (κ2) is 6.38. The number of pyridine rings is 1. The lowest BCUT2D eigenvalue weighted by Gasteiger charge is -2.16. The Morgan fingerprint density at radius 2 is 2.00 bits per heavy atom. The lowest BCUT2D eigenvalue weighted by Crippen LogP contribution is -2.18. The van der Waals surface area contributed by atoms with E-state index in [2.05, 4.69) is 23.3 Å². The van der Waals surface area contributed by atoms with Gasteiger partial charge in [-0.1, -0.05) is 41.4 Å². The van der Waals surface area contributed by atoms with Crippen LogP contribution in [-0.4, -0.2) is 4.98 Å². The Morgan fingerprint density at radius 1 is 1.21 bits per heavy atom. The van der Waals surface area contributed by atoms with Crippen LogP contribution in [0.1, 0.15) is 29.8 Å². The van der Waals surface area contributed by atoms with Crippen molar-refractivity contribution in [1.29, 1.82) is 0 Å². The van der Waals surface area contributed by atoms with Gasteiger partial charge < -0.3 is 5.32 Å². The van der Waals surface area contributed by atoms with Crippen LogP contribution < -0.4 is 5.32 Å². The van der Waals surface area contributed by atoms with Crippen LogP contribution in [0.25, 0.3) is 0 Å². The van der Waals surface area contributed by atoms with E-state index in [4.69, 9.17) is 23.2 Å². The third kappa shape index (κ3) is 3.69. The van der Waals surface area contributed by atoms with Crippen LogP contribution in [0, 0.1) is 6.92 Å². The van der Waals surface area contributed by atoms with Crippen LogP contribution in [-0.2, 0) is 6.54 Å². The summed E-state index contributed by atoms with van der Waals surface area (Å²) in [5.41, 5.74) is 3.18. The maximum Gasteiger partial charge on any atom is 0.0639 e. The third-order valence-electron chi connectivity index (χ3n) is 3.03. The molecule has 1 aromatic carbocycles. The highest BCUT2D eigenvalue weighted by molar-refractivity contribution is 6.42. The normalized spacial score (nSPS) is 12.4. The second-order valence-corrected chi connectivity index (χ2v) is 5.34. The van der Waals surface area contributed by atoms with Crippen LogP contribution in [0.5, 0.6) is 0 Å². The predicted octanol–water partition coefficient (Wildman–Crippen LogP) is 4.55. The molecular formula is C15H16Cl2N2. The number of rotatable bonds is 4. The Labute approximate surface area is 123 Å². The summed E-state index contributed by atoms with van der Waals surface area (Å²) in [5.74, 6) is 0. The summed E-state index contributed by atoms with van der Waals surface area (Å²) in [6.07, 6.45) is 1.88. The molecule has 1 N–H and O–H groups in total. The fraction of sp³-hybridized carbons (Fsp3) is 0.267. The Hall–Kier alpha value is -1.09. The first-order valence-electron chi connectivity index (χ1n) is 6.16. The SMILES string of the molecule is Cc1ccc(CNC(C)c2cccc(Cl)c2Cl)cn1. The van der Waals surface area contributed by atoms with Crippen LogP contribution in [0.15, 0.2) is 36.5 Å². The molecule has 0 aliphatic heterocycles. The zero-order valence-corrected chi connectivity index (χ0v) is 12.5. The summed E-state index contributed by atoms with van der Waals surface area (Å²) < 4.78 is 0. The maximum absolute atomic E-state index is 6.21. The summed E-state index contributed by atoms with van der Waals surface area (Å²) in [6.45, 7) is 4.79. The van der Waals surface area contributed by atoms with E-state index in [1.165, 1.54) is 0 Å². The molecule has 0 fully saturated rings. The Kier molecular flexibility index (Phi) is 4.81. The summed E-state index contributed by atoms with van der Waals surface area (Å²) >= 11 is 12.2. The number of benzene rings is 1. The van der Waals surface area contributed by atoms with Gasteiger partial charge in [0, 0.05) is 24.5 Å². The molecule has 0 aliphatic carbocycles. The molecule has 0 amide bonds. The number of halogens is 2. The van der Waals surface area contributed by atoms with Gasteiger partial charge >= 0.3 is 0 Å². The first-order valence-corrected chi connectivity index (χ1v) is 6.92. The van der Waals surface area contributed by atoms with Gasteiger partial charge in [0.25, 0.3) is 0 Å². The number of nitrogens with zero attached hydrogens (tertiary/aromatic N) is 1. The van der Waals surface area contributed by atoms with Crippen molar-refractivity contribution in [3.05, 3.63) is 63.4 Å². The van der Waals surface area contributed by atoms with E-state index in [1.807, 2.05) is 31.3 Å². The quantitative estimate of drug-likeness (QED) is 0.895. The minimum absolute atomic E-state index is 0.132. The van der Waals surface area contributed by atoms with Gasteiger partial charge in [0.05, 0.1) is 10.0 Å². The van der Waals surface area contributed by atoms with Crippen molar-refractivity contribution in [3.8, 4) is 0 Å². The van der Waals surface area contributed by atoms with Gasteiger partial charge in [-0.05, 0) is 37.1 Å². The van der Waals surface area contributed by atoms with Gasteiger partial charge in [-0.25, -0.2) is 0 Å². The minimum Gasteiger partial charge on any atom is -0.306 e. The topological polar surface area (TPSA) is 24.9 Å². The molecule has 100 valence electrons. The van der Waals surface area contributed by atoms with Gasteiger partial charge in [-0.2, -0.15) is 0 Å². The van der Waals surface area contributed by atoms with Crippen LogP contribution in [0.3, 0.4) is 0 Å². The Bertz CT molecular complexity index is 553. The molecule has 0 saturated heterocycles. The molecule has 2 nitrogen and oxygen atoms in total. The van der Waals surface area contributed by atoms with Crippen molar-refractivity contribution in [2.24, 2.45) is 0 Å². The van der Waals surface area contributed by atoms with Gasteiger partial charge in [0.15, 0.2) is 0 Å². The van der Waals surface area contributed by atoms with E-state index in [9.17, 15) is 0 Å². The van der Waals surface area contributed by atoms with Gasteiger partial charge in [-0.15, -0.1) is 0 Å². The van der Waals surface area contributed by atoms with E-state index in [1.54, 1.807) is 6.07 Å². The van der Waals surface area contributed by atoms with Crippen LogP contribution in [0.4, 0.5) is 0 Å². The monoisotopic (exact) mass is 294 g/mol. The lowest BCUT2D eigenvalue weighted by atomic mass is 10.1. The third-order valence-corrected chi connectivity index (χ3v) is 3.87. The molecular weight excluding hydrogens is 279 g/mol. The highest BCUT2D eigenvalue weighted by Gasteiger charge is 2.11. The van der Waals surface area contributed by atoms with Crippen molar-refractivity contribution >= 4 is 23.2 Å². The molecule has 1 atom stereocenters. The number of aromatic nitrogens is 1. The highest BCUT2D eigenvalue weighted by Crippen LogP contribution is 2.29. The molecule has 19 heavy (non-hydrogen) atoms. The smallest absolute Gasteiger partial charge is 0.0639 e. The maximum atomic E-state index is 6.21. The average molecular weight is 295 g/mol. The molecule has 0 bridgehead atoms. The molecule has 2 aromatic rings. The van der Waals surface area contributed by atoms with E-state index in [0.29, 0.717) is 10.0 Å². The van der Waals surface area contributed by atoms with Crippen LogP contribution in [0.2, 0.25) is 10.0 Å². The van der Waals surface area contributed by atoms with Crippen molar-refractivity contribution in [3.63, 3.8) is 0 Å². The number of hydrogen-bond donors (Lipinski definition) is 1. The Balaban J connectivity index is 2.03.